The molecule has 6 heteroatoms. The highest BCUT2D eigenvalue weighted by molar-refractivity contribution is 5.88. The number of nitrogens with one attached hydrogen (secondary N) is 1. The van der Waals surface area contributed by atoms with E-state index in [-0.39, 0.29) is 5.91 Å². The van der Waals surface area contributed by atoms with Gasteiger partial charge in [0.15, 0.2) is 0 Å². The molecule has 0 spiro atoms. The molecular weight excluding hydrogens is 232 g/mol. The van der Waals surface area contributed by atoms with Crippen molar-refractivity contribution >= 4 is 17.3 Å². The van der Waals surface area contributed by atoms with Crippen molar-refractivity contribution in [1.82, 2.24) is 5.01 Å². The van der Waals surface area contributed by atoms with E-state index in [1.807, 2.05) is 17.1 Å². The third-order valence-electron chi connectivity index (χ3n) is 2.46. The van der Waals surface area contributed by atoms with Crippen molar-refractivity contribution in [2.75, 3.05) is 31.6 Å². The van der Waals surface area contributed by atoms with E-state index in [0.29, 0.717) is 13.2 Å². The minimum Gasteiger partial charge on any atom is -0.378 e. The van der Waals surface area contributed by atoms with Gasteiger partial charge in [-0.1, -0.05) is 5.22 Å². The molecule has 18 heavy (non-hydrogen) atoms. The van der Waals surface area contributed by atoms with Gasteiger partial charge in [0.25, 0.3) is 0 Å². The van der Waals surface area contributed by atoms with Crippen LogP contribution in [0.4, 0.5) is 11.4 Å². The Balaban J connectivity index is 1.92. The SMILES string of the molecule is CC(=O)Nc1ccc(N=NN2CCOCC2)cc1. The van der Waals surface area contributed by atoms with E-state index in [1.165, 1.54) is 6.92 Å². The third-order valence-corrected chi connectivity index (χ3v) is 2.46. The maximum absolute atomic E-state index is 10.9. The zero-order valence-electron chi connectivity index (χ0n) is 10.3. The molecule has 1 N–H and O–H groups in total. The van der Waals surface area contributed by atoms with Crippen LogP contribution in [-0.4, -0.2) is 37.2 Å². The molecule has 1 aromatic rings. The van der Waals surface area contributed by atoms with E-state index in [4.69, 9.17) is 4.74 Å². The zero-order valence-corrected chi connectivity index (χ0v) is 10.3. The molecule has 6 nitrogen and oxygen atoms in total. The van der Waals surface area contributed by atoms with E-state index in [9.17, 15) is 4.79 Å². The summed E-state index contributed by atoms with van der Waals surface area (Å²) in [6.07, 6.45) is 0. The molecular formula is C12H16N4O2. The van der Waals surface area contributed by atoms with E-state index in [2.05, 4.69) is 15.7 Å². The van der Waals surface area contributed by atoms with Crippen LogP contribution in [0.3, 0.4) is 0 Å². The van der Waals surface area contributed by atoms with E-state index in [1.54, 1.807) is 12.1 Å². The van der Waals surface area contributed by atoms with Gasteiger partial charge >= 0.3 is 0 Å². The average Bonchev–Trinajstić information content (AvgIpc) is 2.38. The molecule has 1 saturated heterocycles. The highest BCUT2D eigenvalue weighted by atomic mass is 16.5. The molecule has 0 saturated carbocycles. The molecule has 0 bridgehead atoms. The maximum atomic E-state index is 10.9. The molecule has 1 heterocycles. The number of carbonyl (C=O) groups excluding carboxylic acids is 1. The fourth-order valence-electron chi connectivity index (χ4n) is 1.57. The number of amides is 1. The van der Waals surface area contributed by atoms with Gasteiger partial charge < -0.3 is 10.1 Å². The second-order valence-corrected chi connectivity index (χ2v) is 3.98. The van der Waals surface area contributed by atoms with Gasteiger partial charge in [-0.05, 0) is 24.3 Å². The number of rotatable bonds is 3. The summed E-state index contributed by atoms with van der Waals surface area (Å²) >= 11 is 0. The molecule has 1 aliphatic rings. The number of hydrogen-bond acceptors (Lipinski definition) is 4. The molecule has 1 amide bonds. The number of hydrogen-bond donors (Lipinski definition) is 1. The Morgan fingerprint density at radius 2 is 1.94 bits per heavy atom. The smallest absolute Gasteiger partial charge is 0.221 e. The van der Waals surface area contributed by atoms with Gasteiger partial charge in [0.2, 0.25) is 5.91 Å². The van der Waals surface area contributed by atoms with Crippen LogP contribution in [-0.2, 0) is 9.53 Å². The molecule has 1 fully saturated rings. The van der Waals surface area contributed by atoms with Gasteiger partial charge in [-0.15, -0.1) is 5.11 Å². The predicted molar refractivity (Wildman–Crippen MR) is 67.7 cm³/mol. The first-order valence-electron chi connectivity index (χ1n) is 5.86. The Morgan fingerprint density at radius 1 is 1.28 bits per heavy atom. The molecule has 96 valence electrons. The van der Waals surface area contributed by atoms with Crippen molar-refractivity contribution in [1.29, 1.82) is 0 Å². The van der Waals surface area contributed by atoms with Crippen LogP contribution in [0.25, 0.3) is 0 Å². The lowest BCUT2D eigenvalue weighted by atomic mass is 10.3. The molecule has 1 aliphatic heterocycles. The van der Waals surface area contributed by atoms with Crippen LogP contribution < -0.4 is 5.32 Å². The number of nitrogens with zero attached hydrogens (tertiary/aromatic N) is 3. The van der Waals surface area contributed by atoms with Crippen molar-refractivity contribution in [3.8, 4) is 0 Å². The zero-order chi connectivity index (χ0) is 12.8. The van der Waals surface area contributed by atoms with Crippen LogP contribution in [0.5, 0.6) is 0 Å². The lowest BCUT2D eigenvalue weighted by molar-refractivity contribution is -0.114. The lowest BCUT2D eigenvalue weighted by Gasteiger charge is -2.22. The van der Waals surface area contributed by atoms with Gasteiger partial charge in [0, 0.05) is 12.6 Å². The molecule has 0 aromatic heterocycles. The number of anilines is 1. The summed E-state index contributed by atoms with van der Waals surface area (Å²) < 4.78 is 5.22. The van der Waals surface area contributed by atoms with Crippen molar-refractivity contribution in [2.45, 2.75) is 6.92 Å². The van der Waals surface area contributed by atoms with Gasteiger partial charge in [-0.25, -0.2) is 0 Å². The Labute approximate surface area is 106 Å². The first-order chi connectivity index (χ1) is 8.74. The number of carbonyl (C=O) groups is 1. The molecule has 2 rings (SSSR count). The van der Waals surface area contributed by atoms with Crippen LogP contribution in [0.1, 0.15) is 6.92 Å². The number of ether oxygens (including phenoxy) is 1. The lowest BCUT2D eigenvalue weighted by Crippen LogP contribution is -2.31. The quantitative estimate of drug-likeness (QED) is 0.832. The van der Waals surface area contributed by atoms with Gasteiger partial charge in [0.05, 0.1) is 32.0 Å². The summed E-state index contributed by atoms with van der Waals surface area (Å²) in [6.45, 7) is 4.41. The molecule has 0 radical (unpaired) electrons. The molecule has 0 unspecified atom stereocenters. The molecule has 1 aromatic carbocycles. The Hall–Kier alpha value is -1.95. The fourth-order valence-corrected chi connectivity index (χ4v) is 1.57. The van der Waals surface area contributed by atoms with Crippen molar-refractivity contribution in [3.63, 3.8) is 0 Å². The number of morpholine rings is 1. The van der Waals surface area contributed by atoms with Crippen LogP contribution in [0.15, 0.2) is 34.6 Å². The Bertz CT molecular complexity index is 424. The minimum atomic E-state index is -0.0855. The fraction of sp³-hybridized carbons (Fsp3) is 0.417. The van der Waals surface area contributed by atoms with Crippen molar-refractivity contribution in [2.24, 2.45) is 10.3 Å². The summed E-state index contributed by atoms with van der Waals surface area (Å²) in [4.78, 5) is 10.9. The van der Waals surface area contributed by atoms with Crippen molar-refractivity contribution in [3.05, 3.63) is 24.3 Å². The Morgan fingerprint density at radius 3 is 2.56 bits per heavy atom. The molecule has 0 atom stereocenters. The largest absolute Gasteiger partial charge is 0.378 e. The van der Waals surface area contributed by atoms with E-state index >= 15 is 0 Å². The standard InChI is InChI=1S/C12H16N4O2/c1-10(17)13-11-2-4-12(5-3-11)14-15-16-6-8-18-9-7-16/h2-5H,6-9H2,1H3,(H,13,17). The summed E-state index contributed by atoms with van der Waals surface area (Å²) in [7, 11) is 0. The summed E-state index contributed by atoms with van der Waals surface area (Å²) in [5.74, 6) is -0.0855. The second kappa shape index (κ2) is 6.11. The highest BCUT2D eigenvalue weighted by Gasteiger charge is 2.06. The highest BCUT2D eigenvalue weighted by Crippen LogP contribution is 2.17. The normalized spacial score (nSPS) is 15.9. The minimum absolute atomic E-state index is 0.0855. The van der Waals surface area contributed by atoms with Gasteiger partial charge in [-0.2, -0.15) is 0 Å². The predicted octanol–water partition coefficient (Wildman–Crippen LogP) is 1.98. The summed E-state index contributed by atoms with van der Waals surface area (Å²) in [5, 5.41) is 12.8. The first kappa shape index (κ1) is 12.5. The monoisotopic (exact) mass is 248 g/mol. The topological polar surface area (TPSA) is 66.3 Å². The van der Waals surface area contributed by atoms with Crippen LogP contribution >= 0.6 is 0 Å². The van der Waals surface area contributed by atoms with Crippen LogP contribution in [0.2, 0.25) is 0 Å². The average molecular weight is 248 g/mol. The first-order valence-corrected chi connectivity index (χ1v) is 5.86. The summed E-state index contributed by atoms with van der Waals surface area (Å²) in [6, 6.07) is 7.23. The van der Waals surface area contributed by atoms with Gasteiger partial charge in [-0.3, -0.25) is 9.80 Å². The summed E-state index contributed by atoms with van der Waals surface area (Å²) in [5.41, 5.74) is 1.52. The van der Waals surface area contributed by atoms with Gasteiger partial charge in [0.1, 0.15) is 0 Å². The number of benzene rings is 1. The van der Waals surface area contributed by atoms with E-state index < -0.39 is 0 Å². The second-order valence-electron chi connectivity index (χ2n) is 3.98. The van der Waals surface area contributed by atoms with Crippen LogP contribution in [0, 0.1) is 0 Å². The Kier molecular flexibility index (Phi) is 4.25. The third kappa shape index (κ3) is 3.81. The molecule has 0 aliphatic carbocycles. The maximum Gasteiger partial charge on any atom is 0.221 e. The van der Waals surface area contributed by atoms with E-state index in [0.717, 1.165) is 24.5 Å². The van der Waals surface area contributed by atoms with Crippen molar-refractivity contribution < 1.29 is 9.53 Å².